The van der Waals surface area contributed by atoms with E-state index < -0.39 is 5.97 Å². The van der Waals surface area contributed by atoms with Crippen LogP contribution in [0.4, 0.5) is 5.69 Å². The molecule has 0 aliphatic heterocycles. The molecule has 0 saturated carbocycles. The number of carboxylic acids is 1. The molecule has 0 saturated heterocycles. The normalized spacial score (nSPS) is 10.4. The van der Waals surface area contributed by atoms with Crippen LogP contribution in [0.5, 0.6) is 0 Å². The molecule has 110 valence electrons. The molecule has 1 N–H and O–H groups in total. The predicted octanol–water partition coefficient (Wildman–Crippen LogP) is 3.49. The Morgan fingerprint density at radius 1 is 1.19 bits per heavy atom. The maximum atomic E-state index is 12.7. The van der Waals surface area contributed by atoms with Crippen LogP contribution in [-0.2, 0) is 4.79 Å². The SMILES string of the molecule is Cc1cc(C(=O)N(CCC(=O)O)c2ccccc2)c(C)s1. The average Bonchev–Trinajstić information content (AvgIpc) is 2.78. The van der Waals surface area contributed by atoms with Gasteiger partial charge in [0.15, 0.2) is 0 Å². The molecule has 0 unspecified atom stereocenters. The molecule has 0 radical (unpaired) electrons. The number of rotatable bonds is 5. The molecule has 0 spiro atoms. The van der Waals surface area contributed by atoms with Crippen LogP contribution >= 0.6 is 11.3 Å². The van der Waals surface area contributed by atoms with Crippen molar-refractivity contribution in [1.82, 2.24) is 0 Å². The summed E-state index contributed by atoms with van der Waals surface area (Å²) in [6.45, 7) is 4.02. The van der Waals surface area contributed by atoms with Crippen LogP contribution in [0.1, 0.15) is 26.5 Å². The molecule has 0 atom stereocenters. The second-order valence-electron chi connectivity index (χ2n) is 4.76. The van der Waals surface area contributed by atoms with Crippen molar-refractivity contribution in [3.05, 3.63) is 51.7 Å². The van der Waals surface area contributed by atoms with E-state index in [-0.39, 0.29) is 18.9 Å². The maximum Gasteiger partial charge on any atom is 0.305 e. The average molecular weight is 303 g/mol. The van der Waals surface area contributed by atoms with Crippen LogP contribution < -0.4 is 4.90 Å². The van der Waals surface area contributed by atoms with E-state index in [1.807, 2.05) is 50.2 Å². The summed E-state index contributed by atoms with van der Waals surface area (Å²) in [6.07, 6.45) is -0.0806. The van der Waals surface area contributed by atoms with Gasteiger partial charge in [-0.1, -0.05) is 18.2 Å². The van der Waals surface area contributed by atoms with Gasteiger partial charge in [-0.3, -0.25) is 9.59 Å². The van der Waals surface area contributed by atoms with E-state index in [0.29, 0.717) is 11.3 Å². The van der Waals surface area contributed by atoms with Gasteiger partial charge in [0.2, 0.25) is 0 Å². The summed E-state index contributed by atoms with van der Waals surface area (Å²) in [7, 11) is 0. The molecule has 1 heterocycles. The summed E-state index contributed by atoms with van der Waals surface area (Å²) in [5, 5.41) is 8.88. The molecule has 4 nitrogen and oxygen atoms in total. The van der Waals surface area contributed by atoms with Gasteiger partial charge in [-0.2, -0.15) is 0 Å². The van der Waals surface area contributed by atoms with E-state index in [2.05, 4.69) is 0 Å². The van der Waals surface area contributed by atoms with E-state index in [4.69, 9.17) is 5.11 Å². The molecular formula is C16H17NO3S. The van der Waals surface area contributed by atoms with Gasteiger partial charge in [0.05, 0.1) is 12.0 Å². The van der Waals surface area contributed by atoms with Crippen LogP contribution in [0, 0.1) is 13.8 Å². The third-order valence-electron chi connectivity index (χ3n) is 3.13. The molecule has 2 aromatic rings. The largest absolute Gasteiger partial charge is 0.481 e. The van der Waals surface area contributed by atoms with Gasteiger partial charge in [-0.25, -0.2) is 0 Å². The van der Waals surface area contributed by atoms with Crippen LogP contribution in [-0.4, -0.2) is 23.5 Å². The Labute approximate surface area is 127 Å². The summed E-state index contributed by atoms with van der Waals surface area (Å²) in [4.78, 5) is 27.1. The van der Waals surface area contributed by atoms with E-state index in [1.165, 1.54) is 4.90 Å². The van der Waals surface area contributed by atoms with Crippen molar-refractivity contribution < 1.29 is 14.7 Å². The molecule has 5 heteroatoms. The standard InChI is InChI=1S/C16H17NO3S/c1-11-10-14(12(2)21-11)16(20)17(9-8-15(18)19)13-6-4-3-5-7-13/h3-7,10H,8-9H2,1-2H3,(H,18,19). The fraction of sp³-hybridized carbons (Fsp3) is 0.250. The number of carbonyl (C=O) groups is 2. The Bertz CT molecular complexity index is 649. The lowest BCUT2D eigenvalue weighted by Crippen LogP contribution is -2.33. The van der Waals surface area contributed by atoms with Gasteiger partial charge in [-0.05, 0) is 32.0 Å². The highest BCUT2D eigenvalue weighted by atomic mass is 32.1. The quantitative estimate of drug-likeness (QED) is 0.920. The molecular weight excluding hydrogens is 286 g/mol. The zero-order valence-electron chi connectivity index (χ0n) is 12.0. The third-order valence-corrected chi connectivity index (χ3v) is 4.10. The van der Waals surface area contributed by atoms with Crippen LogP contribution in [0.25, 0.3) is 0 Å². The van der Waals surface area contributed by atoms with E-state index in [1.54, 1.807) is 11.3 Å². The molecule has 1 amide bonds. The molecule has 0 bridgehead atoms. The summed E-state index contributed by atoms with van der Waals surface area (Å²) in [5.41, 5.74) is 1.36. The monoisotopic (exact) mass is 303 g/mol. The lowest BCUT2D eigenvalue weighted by Gasteiger charge is -2.22. The van der Waals surface area contributed by atoms with Gasteiger partial charge in [0, 0.05) is 22.0 Å². The third kappa shape index (κ3) is 3.70. The lowest BCUT2D eigenvalue weighted by molar-refractivity contribution is -0.136. The van der Waals surface area contributed by atoms with E-state index in [9.17, 15) is 9.59 Å². The summed E-state index contributed by atoms with van der Waals surface area (Å²) in [6, 6.07) is 11.0. The fourth-order valence-electron chi connectivity index (χ4n) is 2.15. The number of aryl methyl sites for hydroxylation is 2. The van der Waals surface area contributed by atoms with Gasteiger partial charge in [-0.15, -0.1) is 11.3 Å². The first-order valence-electron chi connectivity index (χ1n) is 6.65. The molecule has 0 aliphatic rings. The number of thiophene rings is 1. The number of anilines is 1. The number of benzene rings is 1. The topological polar surface area (TPSA) is 57.6 Å². The van der Waals surface area contributed by atoms with E-state index in [0.717, 1.165) is 9.75 Å². The molecule has 21 heavy (non-hydrogen) atoms. The lowest BCUT2D eigenvalue weighted by atomic mass is 10.2. The highest BCUT2D eigenvalue weighted by Crippen LogP contribution is 2.24. The van der Waals surface area contributed by atoms with Crippen LogP contribution in [0.3, 0.4) is 0 Å². The van der Waals surface area contributed by atoms with Gasteiger partial charge >= 0.3 is 5.97 Å². The number of nitrogens with zero attached hydrogens (tertiary/aromatic N) is 1. The number of aliphatic carboxylic acids is 1. The van der Waals surface area contributed by atoms with Crippen molar-refractivity contribution in [3.63, 3.8) is 0 Å². The minimum Gasteiger partial charge on any atom is -0.481 e. The summed E-state index contributed by atoms with van der Waals surface area (Å²) in [5.74, 6) is -1.06. The fourth-order valence-corrected chi connectivity index (χ4v) is 3.07. The Morgan fingerprint density at radius 3 is 2.38 bits per heavy atom. The van der Waals surface area contributed by atoms with Gasteiger partial charge in [0.25, 0.3) is 5.91 Å². The van der Waals surface area contributed by atoms with Gasteiger partial charge < -0.3 is 10.0 Å². The first kappa shape index (κ1) is 15.3. The zero-order valence-corrected chi connectivity index (χ0v) is 12.8. The highest BCUT2D eigenvalue weighted by Gasteiger charge is 2.21. The van der Waals surface area contributed by atoms with Crippen molar-refractivity contribution in [3.8, 4) is 0 Å². The minimum absolute atomic E-state index is 0.0806. The number of carbonyl (C=O) groups excluding carboxylic acids is 1. The van der Waals surface area contributed by atoms with Crippen molar-refractivity contribution in [1.29, 1.82) is 0 Å². The minimum atomic E-state index is -0.915. The van der Waals surface area contributed by atoms with E-state index >= 15 is 0 Å². The van der Waals surface area contributed by atoms with Gasteiger partial charge in [0.1, 0.15) is 0 Å². The second kappa shape index (κ2) is 6.54. The molecule has 1 aromatic heterocycles. The van der Waals surface area contributed by atoms with Crippen molar-refractivity contribution in [2.24, 2.45) is 0 Å². The molecule has 1 aromatic carbocycles. The number of hydrogen-bond acceptors (Lipinski definition) is 3. The van der Waals surface area contributed by atoms with Crippen molar-refractivity contribution in [2.75, 3.05) is 11.4 Å². The summed E-state index contributed by atoms with van der Waals surface area (Å²) >= 11 is 1.57. The second-order valence-corrected chi connectivity index (χ2v) is 6.22. The molecule has 0 aliphatic carbocycles. The van der Waals surface area contributed by atoms with Crippen molar-refractivity contribution >= 4 is 28.9 Å². The first-order valence-corrected chi connectivity index (χ1v) is 7.46. The zero-order chi connectivity index (χ0) is 15.4. The van der Waals surface area contributed by atoms with Crippen molar-refractivity contribution in [2.45, 2.75) is 20.3 Å². The number of hydrogen-bond donors (Lipinski definition) is 1. The molecule has 0 fully saturated rings. The Hall–Kier alpha value is -2.14. The number of amides is 1. The Kier molecular flexibility index (Phi) is 4.75. The summed E-state index contributed by atoms with van der Waals surface area (Å²) < 4.78 is 0. The Morgan fingerprint density at radius 2 is 1.86 bits per heavy atom. The first-order chi connectivity index (χ1) is 9.99. The number of carboxylic acid groups (broad SMARTS) is 1. The maximum absolute atomic E-state index is 12.7. The number of para-hydroxylation sites is 1. The predicted molar refractivity (Wildman–Crippen MR) is 84.2 cm³/mol. The molecule has 2 rings (SSSR count). The smallest absolute Gasteiger partial charge is 0.305 e. The van der Waals surface area contributed by atoms with Crippen LogP contribution in [0.2, 0.25) is 0 Å². The highest BCUT2D eigenvalue weighted by molar-refractivity contribution is 7.12. The Balaban J connectivity index is 2.32. The van der Waals surface area contributed by atoms with Crippen LogP contribution in [0.15, 0.2) is 36.4 Å².